The molecule has 2 aromatic rings. The van der Waals surface area contributed by atoms with Crippen LogP contribution in [0.25, 0.3) is 0 Å². The van der Waals surface area contributed by atoms with Crippen molar-refractivity contribution in [2.24, 2.45) is 0 Å². The molecule has 0 heterocycles. The number of benzene rings is 2. The van der Waals surface area contributed by atoms with E-state index < -0.39 is 8.07 Å². The van der Waals surface area contributed by atoms with Crippen molar-refractivity contribution in [1.29, 1.82) is 0 Å². The molecule has 0 amide bonds. The molecule has 0 N–H and O–H groups in total. The molecule has 6 nitrogen and oxygen atoms in total. The third-order valence-corrected chi connectivity index (χ3v) is 10.7. The van der Waals surface area contributed by atoms with Crippen molar-refractivity contribution in [1.82, 2.24) is 0 Å². The van der Waals surface area contributed by atoms with Crippen LogP contribution in [0, 0.1) is 33.3 Å². The van der Waals surface area contributed by atoms with Crippen LogP contribution in [0.3, 0.4) is 0 Å². The van der Waals surface area contributed by atoms with Crippen LogP contribution in [0.4, 0.5) is 0 Å². The van der Waals surface area contributed by atoms with Crippen LogP contribution in [0.5, 0.6) is 0 Å². The van der Waals surface area contributed by atoms with E-state index in [0.29, 0.717) is 0 Å². The predicted octanol–water partition coefficient (Wildman–Crippen LogP) is 1.55. The van der Waals surface area contributed by atoms with Gasteiger partial charge in [-0.3, -0.25) is 0 Å². The molecule has 0 aliphatic rings. The topological polar surface area (TPSA) is 109 Å². The standard InChI is InChI=1S/C15H16OSi.5CO.Mo/c1-16-13-17(2,14-9-5-3-6-10-14)15-11-7-4-8-12-15;5*1-2;/h3-12H,1-2H3;;;;;;. The Labute approximate surface area is 176 Å². The average molecular weight is 476 g/mol. The summed E-state index contributed by atoms with van der Waals surface area (Å²) in [7, 11) is -0.133. The van der Waals surface area contributed by atoms with Crippen molar-refractivity contribution < 1.29 is 47.4 Å². The predicted molar refractivity (Wildman–Crippen MR) is 95.4 cm³/mol. The molecule has 0 radical (unpaired) electrons. The van der Waals surface area contributed by atoms with Gasteiger partial charge in [0.2, 0.25) is 0 Å². The fraction of sp³-hybridized carbons (Fsp3) is 0.100. The minimum absolute atomic E-state index is 1.15. The zero-order valence-corrected chi connectivity index (χ0v) is 18.1. The third kappa shape index (κ3) is 10.9. The molecule has 0 spiro atoms. The van der Waals surface area contributed by atoms with Crippen molar-refractivity contribution in [3.8, 4) is 0 Å². The molecular weight excluding hydrogens is 460 g/mol. The Kier molecular flexibility index (Phi) is 29.7. The average Bonchev–Trinajstić information content (AvgIpc) is 2.85. The van der Waals surface area contributed by atoms with Crippen LogP contribution in [-0.2, 0) is 47.4 Å². The summed E-state index contributed by atoms with van der Waals surface area (Å²) in [5.41, 5.74) is 0. The second kappa shape index (κ2) is 24.9. The maximum absolute atomic E-state index is 7.50. The number of hydrogen-bond donors (Lipinski definition) is 0. The Bertz CT molecular complexity index is 662. The molecule has 0 aromatic heterocycles. The van der Waals surface area contributed by atoms with Crippen molar-refractivity contribution in [2.75, 3.05) is 7.11 Å². The monoisotopic (exact) mass is 478 g/mol. The van der Waals surface area contributed by atoms with Gasteiger partial charge in [0.15, 0.2) is 0 Å². The fourth-order valence-electron chi connectivity index (χ4n) is 2.15. The van der Waals surface area contributed by atoms with Crippen molar-refractivity contribution in [3.05, 3.63) is 93.9 Å². The van der Waals surface area contributed by atoms with E-state index in [-0.39, 0.29) is 0 Å². The van der Waals surface area contributed by atoms with E-state index in [9.17, 15) is 0 Å². The molecule has 0 aliphatic heterocycles. The van der Waals surface area contributed by atoms with E-state index in [0.717, 1.165) is 3.71 Å². The Balaban J connectivity index is -0.000000251. The third-order valence-electron chi connectivity index (χ3n) is 3.30. The molecule has 2 rings (SSSR count). The number of rotatable bonds is 4. The van der Waals surface area contributed by atoms with E-state index in [1.54, 1.807) is 7.11 Å². The van der Waals surface area contributed by atoms with E-state index >= 15 is 0 Å². The van der Waals surface area contributed by atoms with E-state index in [4.69, 9.17) is 28.0 Å². The summed E-state index contributed by atoms with van der Waals surface area (Å²) in [6, 6.07) is 21.4. The maximum atomic E-state index is 7.50. The molecule has 0 atom stereocenters. The van der Waals surface area contributed by atoms with Crippen LogP contribution in [0.2, 0.25) is 6.55 Å². The first-order valence-corrected chi connectivity index (χ1v) is 10.4. The van der Waals surface area contributed by atoms with Gasteiger partial charge >= 0.3 is 177 Å². The molecule has 0 bridgehead atoms. The molecule has 0 aliphatic carbocycles. The Morgan fingerprint density at radius 1 is 0.679 bits per heavy atom. The van der Waals surface area contributed by atoms with Gasteiger partial charge in [-0.1, -0.05) is 0 Å². The number of hydrogen-bond acceptors (Lipinski definition) is 1. The summed E-state index contributed by atoms with van der Waals surface area (Å²) < 4.78 is 44.3. The Hall–Kier alpha value is -2.12. The molecule has 2 aromatic carbocycles. The number of methoxy groups -OCH3 is 1. The van der Waals surface area contributed by atoms with Crippen LogP contribution in [0.15, 0.2) is 60.7 Å². The Morgan fingerprint density at radius 2 is 0.929 bits per heavy atom. The zero-order valence-electron chi connectivity index (χ0n) is 15.1. The van der Waals surface area contributed by atoms with E-state index in [1.165, 1.54) is 10.4 Å². The fourth-order valence-corrected chi connectivity index (χ4v) is 6.82. The first kappa shape index (κ1) is 33.5. The molecular formula is C20H16MoO6Si. The van der Waals surface area contributed by atoms with Crippen LogP contribution >= 0.6 is 0 Å². The summed E-state index contributed by atoms with van der Waals surface area (Å²) in [5, 5.41) is 2.77. The number of ether oxygens (including phenoxy) is 1. The summed E-state index contributed by atoms with van der Waals surface area (Å²) in [4.78, 5) is 0. The van der Waals surface area contributed by atoms with Crippen LogP contribution in [0.1, 0.15) is 0 Å². The van der Waals surface area contributed by atoms with Gasteiger partial charge < -0.3 is 0 Å². The second-order valence-corrected chi connectivity index (χ2v) is 10.1. The molecule has 0 fully saturated rings. The summed E-state index contributed by atoms with van der Waals surface area (Å²) in [5.74, 6) is 0. The molecule has 0 saturated heterocycles. The quantitative estimate of drug-likeness (QED) is 0.373. The normalized spacial score (nSPS) is 7.57. The van der Waals surface area contributed by atoms with Gasteiger partial charge in [0.1, 0.15) is 0 Å². The van der Waals surface area contributed by atoms with E-state index in [2.05, 4.69) is 100 Å². The van der Waals surface area contributed by atoms with Gasteiger partial charge in [-0.25, -0.2) is 0 Å². The first-order valence-electron chi connectivity index (χ1n) is 6.91. The summed E-state index contributed by atoms with van der Waals surface area (Å²) >= 11 is 2.02. The zero-order chi connectivity index (χ0) is 23.0. The molecule has 28 heavy (non-hydrogen) atoms. The van der Waals surface area contributed by atoms with E-state index in [1.807, 2.05) is 19.4 Å². The summed E-state index contributed by atoms with van der Waals surface area (Å²) in [6.45, 7) is 24.8. The SMILES string of the molecule is CO[C](=[Mo])[Si](C)(c1ccccc1)c1ccccc1.[C-]#[O+].[C-]#[O+].[C-]#[O+].[C-]#[O+].[C-]#[O+]. The minimum atomic E-state index is -1.91. The summed E-state index contributed by atoms with van der Waals surface area (Å²) in [6.07, 6.45) is 0. The van der Waals surface area contributed by atoms with Crippen LogP contribution < -0.4 is 10.4 Å². The molecule has 0 unspecified atom stereocenters. The van der Waals surface area contributed by atoms with Crippen LogP contribution in [-0.4, -0.2) is 18.9 Å². The molecule has 142 valence electrons. The van der Waals surface area contributed by atoms with Crippen molar-refractivity contribution >= 4 is 22.2 Å². The van der Waals surface area contributed by atoms with Gasteiger partial charge in [0.05, 0.1) is 0 Å². The Morgan fingerprint density at radius 3 is 1.14 bits per heavy atom. The van der Waals surface area contributed by atoms with Crippen molar-refractivity contribution in [3.63, 3.8) is 0 Å². The first-order chi connectivity index (χ1) is 13.7. The molecule has 8 heteroatoms. The van der Waals surface area contributed by atoms with Crippen molar-refractivity contribution in [2.45, 2.75) is 6.55 Å². The van der Waals surface area contributed by atoms with Gasteiger partial charge in [-0.15, -0.1) is 0 Å². The van der Waals surface area contributed by atoms with Gasteiger partial charge in [-0.2, -0.15) is 0 Å². The van der Waals surface area contributed by atoms with Gasteiger partial charge in [-0.05, 0) is 0 Å². The second-order valence-electron chi connectivity index (χ2n) is 4.35. The van der Waals surface area contributed by atoms with Gasteiger partial charge in [0.25, 0.3) is 0 Å². The molecule has 0 saturated carbocycles. The van der Waals surface area contributed by atoms with Gasteiger partial charge in [0, 0.05) is 0 Å².